The molecule has 1 aromatic carbocycles. The lowest BCUT2D eigenvalue weighted by molar-refractivity contribution is 0.0779. The van der Waals surface area contributed by atoms with Crippen LogP contribution in [0.4, 0.5) is 4.39 Å². The number of amides is 1. The fourth-order valence-electron chi connectivity index (χ4n) is 1.71. The average molecular weight is 278 g/mol. The van der Waals surface area contributed by atoms with E-state index in [0.717, 1.165) is 6.42 Å². The summed E-state index contributed by atoms with van der Waals surface area (Å²) in [4.78, 5) is 13.9. The molecule has 0 saturated carbocycles. The molecule has 2 N–H and O–H groups in total. The summed E-state index contributed by atoms with van der Waals surface area (Å²) in [5, 5.41) is 0. The Kier molecular flexibility index (Phi) is 6.71. The first-order chi connectivity index (χ1) is 9.60. The molecule has 0 heterocycles. The molecule has 0 unspecified atom stereocenters. The molecule has 0 aliphatic heterocycles. The number of ether oxygens (including phenoxy) is 1. The smallest absolute Gasteiger partial charge is 0.254 e. The third-order valence-corrected chi connectivity index (χ3v) is 2.73. The number of nitrogens with zero attached hydrogens (tertiary/aromatic N) is 1. The molecule has 1 rings (SSSR count). The van der Waals surface area contributed by atoms with E-state index in [9.17, 15) is 9.18 Å². The maximum Gasteiger partial charge on any atom is 0.254 e. The van der Waals surface area contributed by atoms with Gasteiger partial charge < -0.3 is 15.4 Å². The molecule has 20 heavy (non-hydrogen) atoms. The van der Waals surface area contributed by atoms with Gasteiger partial charge in [-0.15, -0.1) is 0 Å². The van der Waals surface area contributed by atoms with Crippen molar-refractivity contribution in [2.24, 2.45) is 5.73 Å². The van der Waals surface area contributed by atoms with Gasteiger partial charge in [-0.3, -0.25) is 4.79 Å². The molecule has 0 atom stereocenters. The molecule has 0 radical (unpaired) electrons. The average Bonchev–Trinajstić information content (AvgIpc) is 2.44. The van der Waals surface area contributed by atoms with Crippen molar-refractivity contribution in [2.75, 3.05) is 33.9 Å². The first-order valence-electron chi connectivity index (χ1n) is 6.33. The number of carbonyl (C=O) groups is 1. The first-order valence-corrected chi connectivity index (χ1v) is 6.33. The van der Waals surface area contributed by atoms with Crippen molar-refractivity contribution in [3.8, 4) is 11.8 Å². The second kappa shape index (κ2) is 8.31. The summed E-state index contributed by atoms with van der Waals surface area (Å²) in [5.41, 5.74) is 6.05. The highest BCUT2D eigenvalue weighted by molar-refractivity contribution is 5.96. The Morgan fingerprint density at radius 3 is 2.90 bits per heavy atom. The summed E-state index contributed by atoms with van der Waals surface area (Å²) in [6, 6.07) is 3.95. The lowest BCUT2D eigenvalue weighted by Gasteiger charge is -2.17. The molecule has 1 aromatic rings. The third kappa shape index (κ3) is 4.65. The number of carbonyl (C=O) groups excluding carboxylic acids is 1. The van der Waals surface area contributed by atoms with E-state index in [1.807, 2.05) is 0 Å². The molecular formula is C15H19FN2O2. The highest BCUT2D eigenvalue weighted by Crippen LogP contribution is 2.13. The van der Waals surface area contributed by atoms with Crippen molar-refractivity contribution in [1.82, 2.24) is 4.90 Å². The Bertz CT molecular complexity index is 520. The highest BCUT2D eigenvalue weighted by Gasteiger charge is 2.15. The van der Waals surface area contributed by atoms with E-state index in [1.165, 1.54) is 18.2 Å². The maximum absolute atomic E-state index is 13.2. The van der Waals surface area contributed by atoms with Crippen molar-refractivity contribution in [3.63, 3.8) is 0 Å². The zero-order valence-corrected chi connectivity index (χ0v) is 11.8. The van der Waals surface area contributed by atoms with Crippen LogP contribution >= 0.6 is 0 Å². The largest absolute Gasteiger partial charge is 0.385 e. The predicted octanol–water partition coefficient (Wildman–Crippen LogP) is 1.24. The molecule has 0 aliphatic carbocycles. The van der Waals surface area contributed by atoms with Gasteiger partial charge in [-0.2, -0.15) is 0 Å². The molecule has 0 aliphatic rings. The lowest BCUT2D eigenvalue weighted by Crippen LogP contribution is -2.29. The molecule has 0 spiro atoms. The number of hydrogen-bond donors (Lipinski definition) is 1. The standard InChI is InChI=1S/C15H19FN2O2/c1-18(9-4-10-20-2)15(19)14-7-6-13(16)11-12(14)5-3-8-17/h6-7,11H,4,8-10,17H2,1-2H3. The number of halogens is 1. The summed E-state index contributed by atoms with van der Waals surface area (Å²) in [7, 11) is 3.31. The monoisotopic (exact) mass is 278 g/mol. The quantitative estimate of drug-likeness (QED) is 0.651. The van der Waals surface area contributed by atoms with Crippen LogP contribution in [0.15, 0.2) is 18.2 Å². The van der Waals surface area contributed by atoms with Crippen molar-refractivity contribution in [1.29, 1.82) is 0 Å². The van der Waals surface area contributed by atoms with Gasteiger partial charge in [0.25, 0.3) is 5.91 Å². The van der Waals surface area contributed by atoms with Gasteiger partial charge in [-0.1, -0.05) is 11.8 Å². The van der Waals surface area contributed by atoms with Crippen LogP contribution in [0.25, 0.3) is 0 Å². The van der Waals surface area contributed by atoms with E-state index in [-0.39, 0.29) is 12.5 Å². The number of methoxy groups -OCH3 is 1. The van der Waals surface area contributed by atoms with Gasteiger partial charge in [-0.25, -0.2) is 4.39 Å². The predicted molar refractivity (Wildman–Crippen MR) is 75.8 cm³/mol. The fourth-order valence-corrected chi connectivity index (χ4v) is 1.71. The second-order valence-electron chi connectivity index (χ2n) is 4.27. The van der Waals surface area contributed by atoms with Crippen molar-refractivity contribution in [3.05, 3.63) is 35.1 Å². The number of benzene rings is 1. The Morgan fingerprint density at radius 2 is 2.25 bits per heavy atom. The van der Waals surface area contributed by atoms with E-state index in [1.54, 1.807) is 19.1 Å². The molecule has 1 amide bonds. The van der Waals surface area contributed by atoms with Gasteiger partial charge >= 0.3 is 0 Å². The van der Waals surface area contributed by atoms with Crippen LogP contribution < -0.4 is 5.73 Å². The highest BCUT2D eigenvalue weighted by atomic mass is 19.1. The Morgan fingerprint density at radius 1 is 1.50 bits per heavy atom. The van der Waals surface area contributed by atoms with Gasteiger partial charge in [0.05, 0.1) is 12.1 Å². The number of hydrogen-bond acceptors (Lipinski definition) is 3. The molecule has 0 bridgehead atoms. The maximum atomic E-state index is 13.2. The van der Waals surface area contributed by atoms with Crippen molar-refractivity contribution < 1.29 is 13.9 Å². The molecule has 4 nitrogen and oxygen atoms in total. The zero-order valence-electron chi connectivity index (χ0n) is 11.8. The van der Waals surface area contributed by atoms with Crippen molar-refractivity contribution in [2.45, 2.75) is 6.42 Å². The Labute approximate surface area is 118 Å². The summed E-state index contributed by atoms with van der Waals surface area (Å²) in [6.45, 7) is 1.31. The van der Waals surface area contributed by atoms with Gasteiger partial charge in [-0.05, 0) is 24.6 Å². The van der Waals surface area contributed by atoms with E-state index < -0.39 is 5.82 Å². The van der Waals surface area contributed by atoms with Crippen molar-refractivity contribution >= 4 is 5.91 Å². The molecule has 5 heteroatoms. The topological polar surface area (TPSA) is 55.6 Å². The Hall–Kier alpha value is -1.90. The van der Waals surface area contributed by atoms with Gasteiger partial charge in [0.15, 0.2) is 0 Å². The van der Waals surface area contributed by atoms with Crippen LogP contribution in [0.5, 0.6) is 0 Å². The number of rotatable bonds is 5. The van der Waals surface area contributed by atoms with Crippen LogP contribution in [0.1, 0.15) is 22.3 Å². The van der Waals surface area contributed by atoms with Crippen LogP contribution in [0, 0.1) is 17.7 Å². The molecular weight excluding hydrogens is 259 g/mol. The summed E-state index contributed by atoms with van der Waals surface area (Å²) >= 11 is 0. The minimum atomic E-state index is -0.426. The van der Waals surface area contributed by atoms with E-state index in [0.29, 0.717) is 24.3 Å². The fraction of sp³-hybridized carbons (Fsp3) is 0.400. The van der Waals surface area contributed by atoms with E-state index >= 15 is 0 Å². The molecule has 0 fully saturated rings. The second-order valence-corrected chi connectivity index (χ2v) is 4.27. The SMILES string of the molecule is COCCCN(C)C(=O)c1ccc(F)cc1C#CCN. The zero-order chi connectivity index (χ0) is 15.0. The number of nitrogens with two attached hydrogens (primary N) is 1. The minimum absolute atomic E-state index is 0.161. The third-order valence-electron chi connectivity index (χ3n) is 2.73. The summed E-state index contributed by atoms with van der Waals surface area (Å²) < 4.78 is 18.2. The van der Waals surface area contributed by atoms with E-state index in [4.69, 9.17) is 10.5 Å². The molecule has 0 saturated heterocycles. The lowest BCUT2D eigenvalue weighted by atomic mass is 10.1. The first kappa shape index (κ1) is 16.2. The summed E-state index contributed by atoms with van der Waals surface area (Å²) in [5.74, 6) is 4.75. The van der Waals surface area contributed by atoms with Crippen LogP contribution in [-0.2, 0) is 4.74 Å². The van der Waals surface area contributed by atoms with Crippen LogP contribution in [0.2, 0.25) is 0 Å². The van der Waals surface area contributed by atoms with Crippen LogP contribution in [-0.4, -0.2) is 44.7 Å². The van der Waals surface area contributed by atoms with Crippen LogP contribution in [0.3, 0.4) is 0 Å². The summed E-state index contributed by atoms with van der Waals surface area (Å²) in [6.07, 6.45) is 0.740. The Balaban J connectivity index is 2.91. The van der Waals surface area contributed by atoms with E-state index in [2.05, 4.69) is 11.8 Å². The minimum Gasteiger partial charge on any atom is -0.385 e. The van der Waals surface area contributed by atoms with Gasteiger partial charge in [0, 0.05) is 32.9 Å². The van der Waals surface area contributed by atoms with Gasteiger partial charge in [0.2, 0.25) is 0 Å². The molecule has 108 valence electrons. The molecule has 0 aromatic heterocycles. The van der Waals surface area contributed by atoms with Gasteiger partial charge in [0.1, 0.15) is 5.82 Å². The normalized spacial score (nSPS) is 9.80.